The van der Waals surface area contributed by atoms with Crippen molar-refractivity contribution in [2.45, 2.75) is 24.9 Å². The van der Waals surface area contributed by atoms with Crippen molar-refractivity contribution in [1.82, 2.24) is 5.32 Å². The Morgan fingerprint density at radius 1 is 1.41 bits per heavy atom. The van der Waals surface area contributed by atoms with Gasteiger partial charge in [0.15, 0.2) is 0 Å². The van der Waals surface area contributed by atoms with Gasteiger partial charge in [-0.2, -0.15) is 0 Å². The summed E-state index contributed by atoms with van der Waals surface area (Å²) in [6.45, 7) is 0.548. The number of nitrogens with one attached hydrogen (secondary N) is 1. The molecule has 1 aromatic carbocycles. The predicted molar refractivity (Wildman–Crippen MR) is 76.2 cm³/mol. The fraction of sp³-hybridized carbons (Fsp3) is 0.385. The minimum Gasteiger partial charge on any atom is -0.329 e. The maximum Gasteiger partial charge on any atom is 0.0462 e. The summed E-state index contributed by atoms with van der Waals surface area (Å²) in [6.07, 6.45) is 6.55. The Balaban J connectivity index is 2.13. The lowest BCUT2D eigenvalue weighted by Crippen LogP contribution is -2.35. The summed E-state index contributed by atoms with van der Waals surface area (Å²) in [5.74, 6) is 0. The zero-order valence-electron chi connectivity index (χ0n) is 9.50. The van der Waals surface area contributed by atoms with Gasteiger partial charge in [0.25, 0.3) is 0 Å². The van der Waals surface area contributed by atoms with Gasteiger partial charge in [-0.1, -0.05) is 39.7 Å². The molecule has 1 aliphatic carbocycles. The molecule has 2 rings (SSSR count). The van der Waals surface area contributed by atoms with E-state index in [1.165, 1.54) is 0 Å². The maximum atomic E-state index is 6.22. The molecule has 1 aliphatic rings. The second-order valence-electron chi connectivity index (χ2n) is 4.26. The standard InChI is InChI=1S/C13H16BrClN2/c14-9-5-6-12(15)11(7-9)13(8-16)17-10-3-1-2-4-10/h1-2,5-7,10,13,17H,3-4,8,16H2. The molecule has 1 aromatic rings. The molecule has 0 radical (unpaired) electrons. The smallest absolute Gasteiger partial charge is 0.0462 e. The summed E-state index contributed by atoms with van der Waals surface area (Å²) in [6, 6.07) is 6.48. The fourth-order valence-electron chi connectivity index (χ4n) is 2.10. The van der Waals surface area contributed by atoms with Crippen molar-refractivity contribution >= 4 is 27.5 Å². The van der Waals surface area contributed by atoms with E-state index in [0.29, 0.717) is 12.6 Å². The van der Waals surface area contributed by atoms with E-state index in [1.807, 2.05) is 18.2 Å². The lowest BCUT2D eigenvalue weighted by atomic mass is 10.1. The van der Waals surface area contributed by atoms with Crippen molar-refractivity contribution in [3.63, 3.8) is 0 Å². The molecule has 92 valence electrons. The van der Waals surface area contributed by atoms with E-state index in [9.17, 15) is 0 Å². The number of rotatable bonds is 4. The van der Waals surface area contributed by atoms with Gasteiger partial charge in [-0.25, -0.2) is 0 Å². The van der Waals surface area contributed by atoms with Gasteiger partial charge in [0.2, 0.25) is 0 Å². The van der Waals surface area contributed by atoms with Gasteiger partial charge in [0.05, 0.1) is 0 Å². The Morgan fingerprint density at radius 3 is 2.76 bits per heavy atom. The van der Waals surface area contributed by atoms with Crippen LogP contribution in [0.5, 0.6) is 0 Å². The van der Waals surface area contributed by atoms with Crippen LogP contribution in [0.3, 0.4) is 0 Å². The molecule has 0 bridgehead atoms. The predicted octanol–water partition coefficient (Wildman–Crippen LogP) is 3.41. The molecule has 0 heterocycles. The van der Waals surface area contributed by atoms with Crippen LogP contribution in [0.25, 0.3) is 0 Å². The molecule has 17 heavy (non-hydrogen) atoms. The van der Waals surface area contributed by atoms with Gasteiger partial charge in [-0.3, -0.25) is 0 Å². The lowest BCUT2D eigenvalue weighted by Gasteiger charge is -2.23. The highest BCUT2D eigenvalue weighted by molar-refractivity contribution is 9.10. The van der Waals surface area contributed by atoms with Gasteiger partial charge < -0.3 is 11.1 Å². The maximum absolute atomic E-state index is 6.22. The number of nitrogens with two attached hydrogens (primary N) is 1. The number of benzene rings is 1. The average Bonchev–Trinajstić information content (AvgIpc) is 2.82. The average molecular weight is 316 g/mol. The molecule has 0 fully saturated rings. The highest BCUT2D eigenvalue weighted by Gasteiger charge is 2.18. The third kappa shape index (κ3) is 3.32. The van der Waals surface area contributed by atoms with Crippen molar-refractivity contribution in [2.75, 3.05) is 6.54 Å². The quantitative estimate of drug-likeness (QED) is 0.836. The van der Waals surface area contributed by atoms with Gasteiger partial charge in [-0.15, -0.1) is 0 Å². The largest absolute Gasteiger partial charge is 0.329 e. The van der Waals surface area contributed by atoms with Gasteiger partial charge >= 0.3 is 0 Å². The third-order valence-corrected chi connectivity index (χ3v) is 3.85. The summed E-state index contributed by atoms with van der Waals surface area (Å²) >= 11 is 9.69. The second kappa shape index (κ2) is 6.01. The van der Waals surface area contributed by atoms with E-state index in [1.54, 1.807) is 0 Å². The Bertz CT molecular complexity index is 412. The Kier molecular flexibility index (Phi) is 4.62. The minimum atomic E-state index is 0.116. The van der Waals surface area contributed by atoms with Crippen molar-refractivity contribution in [3.8, 4) is 0 Å². The Hall–Kier alpha value is -0.350. The first-order valence-corrected chi connectivity index (χ1v) is 6.94. The van der Waals surface area contributed by atoms with E-state index < -0.39 is 0 Å². The molecule has 2 nitrogen and oxygen atoms in total. The topological polar surface area (TPSA) is 38.0 Å². The molecule has 0 spiro atoms. The van der Waals surface area contributed by atoms with Crippen molar-refractivity contribution in [2.24, 2.45) is 5.73 Å². The van der Waals surface area contributed by atoms with E-state index in [-0.39, 0.29) is 6.04 Å². The number of halogens is 2. The molecule has 4 heteroatoms. The molecular weight excluding hydrogens is 300 g/mol. The number of hydrogen-bond donors (Lipinski definition) is 2. The van der Waals surface area contributed by atoms with Crippen LogP contribution in [-0.4, -0.2) is 12.6 Å². The molecule has 0 aliphatic heterocycles. The first-order valence-electron chi connectivity index (χ1n) is 5.76. The SMILES string of the molecule is NCC(NC1CC=CC1)c1cc(Br)ccc1Cl. The van der Waals surface area contributed by atoms with Crippen LogP contribution in [0.15, 0.2) is 34.8 Å². The molecule has 0 saturated heterocycles. The van der Waals surface area contributed by atoms with Crippen LogP contribution in [0.4, 0.5) is 0 Å². The van der Waals surface area contributed by atoms with Crippen molar-refractivity contribution in [1.29, 1.82) is 0 Å². The third-order valence-electron chi connectivity index (χ3n) is 3.01. The van der Waals surface area contributed by atoms with Crippen LogP contribution >= 0.6 is 27.5 Å². The number of hydrogen-bond acceptors (Lipinski definition) is 2. The summed E-state index contributed by atoms with van der Waals surface area (Å²) in [4.78, 5) is 0. The van der Waals surface area contributed by atoms with Crippen molar-refractivity contribution < 1.29 is 0 Å². The van der Waals surface area contributed by atoms with E-state index in [2.05, 4.69) is 33.4 Å². The Morgan fingerprint density at radius 2 is 2.12 bits per heavy atom. The van der Waals surface area contributed by atoms with Crippen molar-refractivity contribution in [3.05, 3.63) is 45.4 Å². The van der Waals surface area contributed by atoms with Gasteiger partial charge in [-0.05, 0) is 36.6 Å². The monoisotopic (exact) mass is 314 g/mol. The summed E-state index contributed by atoms with van der Waals surface area (Å²) < 4.78 is 1.03. The molecular formula is C13H16BrClN2. The van der Waals surface area contributed by atoms with Crippen LogP contribution in [0.2, 0.25) is 5.02 Å². The van der Waals surface area contributed by atoms with Crippen LogP contribution in [-0.2, 0) is 0 Å². The molecule has 0 amide bonds. The highest BCUT2D eigenvalue weighted by Crippen LogP contribution is 2.27. The minimum absolute atomic E-state index is 0.116. The van der Waals surface area contributed by atoms with E-state index in [4.69, 9.17) is 17.3 Å². The highest BCUT2D eigenvalue weighted by atomic mass is 79.9. The fourth-order valence-corrected chi connectivity index (χ4v) is 2.73. The summed E-state index contributed by atoms with van der Waals surface area (Å²) in [5, 5.41) is 4.32. The van der Waals surface area contributed by atoms with E-state index >= 15 is 0 Å². The molecule has 3 N–H and O–H groups in total. The zero-order valence-corrected chi connectivity index (χ0v) is 11.8. The molecule has 0 aromatic heterocycles. The van der Waals surface area contributed by atoms with Gasteiger partial charge in [0, 0.05) is 28.1 Å². The molecule has 1 atom stereocenters. The van der Waals surface area contributed by atoms with Gasteiger partial charge in [0.1, 0.15) is 0 Å². The van der Waals surface area contributed by atoms with Crippen LogP contribution in [0.1, 0.15) is 24.4 Å². The zero-order chi connectivity index (χ0) is 12.3. The first kappa shape index (κ1) is 13.1. The van der Waals surface area contributed by atoms with Crippen LogP contribution < -0.4 is 11.1 Å². The van der Waals surface area contributed by atoms with E-state index in [0.717, 1.165) is 27.9 Å². The molecule has 0 saturated carbocycles. The Labute approximate surface area is 115 Å². The summed E-state index contributed by atoms with van der Waals surface area (Å²) in [7, 11) is 0. The van der Waals surface area contributed by atoms with Crippen LogP contribution in [0, 0.1) is 0 Å². The second-order valence-corrected chi connectivity index (χ2v) is 5.58. The summed E-state index contributed by atoms with van der Waals surface area (Å²) in [5.41, 5.74) is 6.91. The lowest BCUT2D eigenvalue weighted by molar-refractivity contribution is 0.453. The first-order chi connectivity index (χ1) is 8.20. The normalized spacial score (nSPS) is 17.6. The molecule has 1 unspecified atom stereocenters.